The fraction of sp³-hybridized carbons (Fsp3) is 0.600. The Morgan fingerprint density at radius 2 is 2.00 bits per heavy atom. The second-order valence-corrected chi connectivity index (χ2v) is 7.07. The van der Waals surface area contributed by atoms with Crippen molar-refractivity contribution < 1.29 is 0 Å². The highest BCUT2D eigenvalue weighted by molar-refractivity contribution is 7.99. The van der Waals surface area contributed by atoms with Crippen LogP contribution < -0.4 is 11.1 Å². The van der Waals surface area contributed by atoms with Crippen LogP contribution in [0.1, 0.15) is 42.6 Å². The number of hydrogen-bond acceptors (Lipinski definition) is 4. The zero-order valence-corrected chi connectivity index (χ0v) is 14.0. The van der Waals surface area contributed by atoms with E-state index in [9.17, 15) is 0 Å². The van der Waals surface area contributed by atoms with Crippen LogP contribution in [-0.2, 0) is 0 Å². The molecule has 1 heterocycles. The SMILES string of the molecule is CSC1CCC(Nc2cc(C)nc(C)c2C(N)=S)CC1. The van der Waals surface area contributed by atoms with Gasteiger partial charge in [0.15, 0.2) is 0 Å². The van der Waals surface area contributed by atoms with E-state index in [4.69, 9.17) is 18.0 Å². The van der Waals surface area contributed by atoms with Crippen LogP contribution >= 0.6 is 24.0 Å². The van der Waals surface area contributed by atoms with Crippen molar-refractivity contribution in [3.05, 3.63) is 23.0 Å². The van der Waals surface area contributed by atoms with Crippen LogP contribution in [0.25, 0.3) is 0 Å². The van der Waals surface area contributed by atoms with Gasteiger partial charge in [-0.25, -0.2) is 0 Å². The summed E-state index contributed by atoms with van der Waals surface area (Å²) in [5.41, 5.74) is 9.73. The number of aromatic nitrogens is 1. The predicted octanol–water partition coefficient (Wildman–Crippen LogP) is 3.42. The molecule has 20 heavy (non-hydrogen) atoms. The Morgan fingerprint density at radius 1 is 1.35 bits per heavy atom. The lowest BCUT2D eigenvalue weighted by molar-refractivity contribution is 0.473. The molecule has 0 amide bonds. The van der Waals surface area contributed by atoms with E-state index in [1.807, 2.05) is 25.6 Å². The molecule has 110 valence electrons. The zero-order valence-electron chi connectivity index (χ0n) is 12.4. The molecule has 1 aliphatic carbocycles. The van der Waals surface area contributed by atoms with E-state index in [0.717, 1.165) is 27.9 Å². The van der Waals surface area contributed by atoms with E-state index in [2.05, 4.69) is 22.6 Å². The van der Waals surface area contributed by atoms with Crippen LogP contribution in [0.15, 0.2) is 6.07 Å². The van der Waals surface area contributed by atoms with Gasteiger partial charge in [-0.15, -0.1) is 0 Å². The number of rotatable bonds is 4. The fourth-order valence-electron chi connectivity index (χ4n) is 2.92. The maximum Gasteiger partial charge on any atom is 0.107 e. The van der Waals surface area contributed by atoms with E-state index >= 15 is 0 Å². The van der Waals surface area contributed by atoms with Gasteiger partial charge >= 0.3 is 0 Å². The molecule has 1 saturated carbocycles. The van der Waals surface area contributed by atoms with Crippen LogP contribution in [0.2, 0.25) is 0 Å². The average molecular weight is 310 g/mol. The Morgan fingerprint density at radius 3 is 2.55 bits per heavy atom. The number of thioether (sulfide) groups is 1. The number of nitrogens with zero attached hydrogens (tertiary/aromatic N) is 1. The largest absolute Gasteiger partial charge is 0.389 e. The molecule has 1 aromatic rings. The van der Waals surface area contributed by atoms with E-state index in [1.165, 1.54) is 25.7 Å². The first-order valence-electron chi connectivity index (χ1n) is 7.08. The Hall–Kier alpha value is -0.810. The van der Waals surface area contributed by atoms with Crippen molar-refractivity contribution in [2.75, 3.05) is 11.6 Å². The molecule has 1 aliphatic rings. The smallest absolute Gasteiger partial charge is 0.107 e. The molecule has 0 bridgehead atoms. The number of anilines is 1. The number of nitrogens with one attached hydrogen (secondary N) is 1. The highest BCUT2D eigenvalue weighted by atomic mass is 32.2. The van der Waals surface area contributed by atoms with E-state index in [-0.39, 0.29) is 0 Å². The number of aryl methyl sites for hydroxylation is 2. The van der Waals surface area contributed by atoms with Crippen molar-refractivity contribution in [3.8, 4) is 0 Å². The average Bonchev–Trinajstić information content (AvgIpc) is 2.38. The second-order valence-electron chi connectivity index (χ2n) is 5.49. The second kappa shape index (κ2) is 6.76. The molecule has 0 saturated heterocycles. The Kier molecular flexibility index (Phi) is 5.27. The molecule has 1 fully saturated rings. The molecule has 0 unspecified atom stereocenters. The quantitative estimate of drug-likeness (QED) is 0.835. The van der Waals surface area contributed by atoms with E-state index in [1.54, 1.807) is 0 Å². The van der Waals surface area contributed by atoms with Crippen molar-refractivity contribution in [2.45, 2.75) is 50.8 Å². The summed E-state index contributed by atoms with van der Waals surface area (Å²) in [6.07, 6.45) is 7.19. The van der Waals surface area contributed by atoms with Crippen LogP contribution in [0.5, 0.6) is 0 Å². The maximum absolute atomic E-state index is 5.86. The molecule has 1 aromatic heterocycles. The topological polar surface area (TPSA) is 50.9 Å². The third kappa shape index (κ3) is 3.64. The summed E-state index contributed by atoms with van der Waals surface area (Å²) in [6, 6.07) is 2.58. The molecule has 0 spiro atoms. The molecule has 0 atom stereocenters. The molecule has 5 heteroatoms. The Labute approximate surface area is 131 Å². The van der Waals surface area contributed by atoms with Crippen molar-refractivity contribution >= 4 is 34.7 Å². The highest BCUT2D eigenvalue weighted by Gasteiger charge is 2.22. The minimum absolute atomic E-state index is 0.426. The van der Waals surface area contributed by atoms with Gasteiger partial charge in [-0.1, -0.05) is 12.2 Å². The summed E-state index contributed by atoms with van der Waals surface area (Å²) in [4.78, 5) is 4.89. The van der Waals surface area contributed by atoms with Gasteiger partial charge in [0.05, 0.1) is 5.56 Å². The van der Waals surface area contributed by atoms with Crippen molar-refractivity contribution in [3.63, 3.8) is 0 Å². The van der Waals surface area contributed by atoms with Crippen LogP contribution in [0.3, 0.4) is 0 Å². The summed E-state index contributed by atoms with van der Waals surface area (Å²) < 4.78 is 0. The maximum atomic E-state index is 5.86. The standard InChI is InChI=1S/C15H23N3S2/c1-9-8-13(14(15(16)19)10(2)17-9)18-11-4-6-12(20-3)7-5-11/h8,11-12H,4-7H2,1-3H3,(H2,16,19)(H,17,18). The van der Waals surface area contributed by atoms with Crippen LogP contribution in [0, 0.1) is 13.8 Å². The lowest BCUT2D eigenvalue weighted by Crippen LogP contribution is -2.28. The summed E-state index contributed by atoms with van der Waals surface area (Å²) >= 11 is 7.17. The van der Waals surface area contributed by atoms with Crippen LogP contribution in [-0.4, -0.2) is 27.5 Å². The molecule has 2 rings (SSSR count). The number of pyridine rings is 1. The first-order chi connectivity index (χ1) is 9.51. The molecular formula is C15H23N3S2. The summed E-state index contributed by atoms with van der Waals surface area (Å²) in [6.45, 7) is 3.98. The minimum atomic E-state index is 0.426. The first kappa shape index (κ1) is 15.6. The van der Waals surface area contributed by atoms with Crippen molar-refractivity contribution in [2.24, 2.45) is 5.73 Å². The van der Waals surface area contributed by atoms with Crippen molar-refractivity contribution in [1.82, 2.24) is 4.98 Å². The lowest BCUT2D eigenvalue weighted by atomic mass is 9.94. The van der Waals surface area contributed by atoms with E-state index < -0.39 is 0 Å². The highest BCUT2D eigenvalue weighted by Crippen LogP contribution is 2.30. The van der Waals surface area contributed by atoms with Gasteiger partial charge in [0.1, 0.15) is 4.99 Å². The van der Waals surface area contributed by atoms with Gasteiger partial charge in [0, 0.05) is 28.4 Å². The third-order valence-corrected chi connectivity index (χ3v) is 5.28. The normalized spacial score (nSPS) is 22.6. The van der Waals surface area contributed by atoms with Gasteiger partial charge in [0.2, 0.25) is 0 Å². The molecule has 3 N–H and O–H groups in total. The van der Waals surface area contributed by atoms with Gasteiger partial charge < -0.3 is 11.1 Å². The molecule has 3 nitrogen and oxygen atoms in total. The summed E-state index contributed by atoms with van der Waals surface area (Å²) in [5, 5.41) is 4.46. The zero-order chi connectivity index (χ0) is 14.7. The molecule has 0 radical (unpaired) electrons. The van der Waals surface area contributed by atoms with Crippen LogP contribution in [0.4, 0.5) is 5.69 Å². The molecular weight excluding hydrogens is 286 g/mol. The molecule has 0 aromatic carbocycles. The Bertz CT molecular complexity index is 494. The first-order valence-corrected chi connectivity index (χ1v) is 8.78. The van der Waals surface area contributed by atoms with Crippen molar-refractivity contribution in [1.29, 1.82) is 0 Å². The monoisotopic (exact) mass is 309 g/mol. The Balaban J connectivity index is 2.15. The number of hydrogen-bond donors (Lipinski definition) is 2. The number of thiocarbonyl (C=S) groups is 1. The van der Waals surface area contributed by atoms with Gasteiger partial charge in [0.25, 0.3) is 0 Å². The molecule has 0 aliphatic heterocycles. The summed E-state index contributed by atoms with van der Waals surface area (Å²) in [5.74, 6) is 0. The van der Waals surface area contributed by atoms with Gasteiger partial charge in [-0.2, -0.15) is 11.8 Å². The lowest BCUT2D eigenvalue weighted by Gasteiger charge is -2.29. The fourth-order valence-corrected chi connectivity index (χ4v) is 3.92. The summed E-state index contributed by atoms with van der Waals surface area (Å²) in [7, 11) is 0. The third-order valence-electron chi connectivity index (χ3n) is 3.94. The number of nitrogens with two attached hydrogens (primary N) is 1. The van der Waals surface area contributed by atoms with Gasteiger partial charge in [-0.05, 0) is 51.9 Å². The minimum Gasteiger partial charge on any atom is -0.389 e. The van der Waals surface area contributed by atoms with Gasteiger partial charge in [-0.3, -0.25) is 4.98 Å². The van der Waals surface area contributed by atoms with E-state index in [0.29, 0.717) is 11.0 Å². The predicted molar refractivity (Wildman–Crippen MR) is 92.8 cm³/mol.